The lowest BCUT2D eigenvalue weighted by atomic mass is 9.81. The molecule has 3 aromatic carbocycles. The average Bonchev–Trinajstić information content (AvgIpc) is 3.09. The summed E-state index contributed by atoms with van der Waals surface area (Å²) in [7, 11) is 1.66. The van der Waals surface area contributed by atoms with Crippen molar-refractivity contribution in [2.24, 2.45) is 10.7 Å². The van der Waals surface area contributed by atoms with Crippen LogP contribution >= 0.6 is 0 Å². The van der Waals surface area contributed by atoms with Crippen LogP contribution in [-0.2, 0) is 21.5 Å². The predicted octanol–water partition coefficient (Wildman–Crippen LogP) is 3.80. The van der Waals surface area contributed by atoms with E-state index in [9.17, 15) is 4.79 Å². The lowest BCUT2D eigenvalue weighted by Crippen LogP contribution is -2.41. The van der Waals surface area contributed by atoms with Crippen molar-refractivity contribution in [1.82, 2.24) is 4.90 Å². The molecular formula is C27H27N3O4. The van der Waals surface area contributed by atoms with Crippen molar-refractivity contribution in [2.45, 2.75) is 25.3 Å². The fraction of sp³-hybridized carbons (Fsp3) is 0.222. The van der Waals surface area contributed by atoms with Crippen LogP contribution in [0.5, 0.6) is 5.75 Å². The quantitative estimate of drug-likeness (QED) is 0.622. The number of hydrogen-bond acceptors (Lipinski definition) is 5. The second kappa shape index (κ2) is 9.39. The zero-order valence-electron chi connectivity index (χ0n) is 19.2. The summed E-state index contributed by atoms with van der Waals surface area (Å²) in [5.74, 6) is 0.164. The summed E-state index contributed by atoms with van der Waals surface area (Å²) in [6.07, 6.45) is 2.05. The van der Waals surface area contributed by atoms with Gasteiger partial charge in [-0.2, -0.15) is 0 Å². The molecule has 7 heteroatoms. The lowest BCUT2D eigenvalue weighted by Gasteiger charge is -2.27. The maximum Gasteiger partial charge on any atom is 0.300 e. The Morgan fingerprint density at radius 3 is 2.41 bits per heavy atom. The van der Waals surface area contributed by atoms with Gasteiger partial charge in [0.05, 0.1) is 6.61 Å². The van der Waals surface area contributed by atoms with Gasteiger partial charge in [0.2, 0.25) is 0 Å². The number of carbonyl (C=O) groups is 2. The molecule has 0 spiro atoms. The van der Waals surface area contributed by atoms with Gasteiger partial charge in [0.15, 0.2) is 11.5 Å². The van der Waals surface area contributed by atoms with E-state index >= 15 is 0 Å². The highest BCUT2D eigenvalue weighted by atomic mass is 16.5. The molecule has 174 valence electrons. The molecule has 1 atom stereocenters. The van der Waals surface area contributed by atoms with Crippen LogP contribution in [0.2, 0.25) is 0 Å². The van der Waals surface area contributed by atoms with Crippen LogP contribution in [0.1, 0.15) is 30.0 Å². The molecule has 1 amide bonds. The second-order valence-electron chi connectivity index (χ2n) is 8.26. The zero-order valence-corrected chi connectivity index (χ0v) is 19.2. The van der Waals surface area contributed by atoms with E-state index in [1.807, 2.05) is 54.6 Å². The summed E-state index contributed by atoms with van der Waals surface area (Å²) >= 11 is 0. The molecule has 0 radical (unpaired) electrons. The highest BCUT2D eigenvalue weighted by Gasteiger charge is 2.49. The first-order valence-electron chi connectivity index (χ1n) is 11.1. The number of likely N-dealkylation sites (N-methyl/N-ethyl adjacent to an activating group) is 1. The monoisotopic (exact) mass is 457 g/mol. The van der Waals surface area contributed by atoms with E-state index in [1.54, 1.807) is 7.05 Å². The molecule has 0 bridgehead atoms. The van der Waals surface area contributed by atoms with Crippen LogP contribution in [-0.4, -0.2) is 41.5 Å². The summed E-state index contributed by atoms with van der Waals surface area (Å²) in [5.41, 5.74) is 9.75. The van der Waals surface area contributed by atoms with E-state index in [2.05, 4.69) is 23.2 Å². The highest BCUT2D eigenvalue weighted by Crippen LogP contribution is 2.42. The number of guanidine groups is 1. The molecule has 7 nitrogen and oxygen atoms in total. The van der Waals surface area contributed by atoms with Crippen molar-refractivity contribution >= 4 is 17.8 Å². The van der Waals surface area contributed by atoms with Crippen molar-refractivity contribution in [3.8, 4) is 16.9 Å². The SMILES string of the molecule is CC(=O)O.CN1C(=O)C(c2ccccc2)(c2cccc(-c3cccc4c3OCCC4)c2)N=C1N. The number of carboxylic acid groups (broad SMARTS) is 1. The normalized spacial score (nSPS) is 18.8. The molecule has 0 fully saturated rings. The molecule has 3 aromatic rings. The number of nitrogens with zero attached hydrogens (tertiary/aromatic N) is 2. The first kappa shape index (κ1) is 23.0. The van der Waals surface area contributed by atoms with Gasteiger partial charge < -0.3 is 15.6 Å². The van der Waals surface area contributed by atoms with Crippen molar-refractivity contribution in [3.05, 3.63) is 89.5 Å². The van der Waals surface area contributed by atoms with E-state index in [1.165, 1.54) is 10.5 Å². The number of benzene rings is 3. The molecule has 0 aromatic heterocycles. The Morgan fingerprint density at radius 2 is 1.74 bits per heavy atom. The van der Waals surface area contributed by atoms with Crippen molar-refractivity contribution in [1.29, 1.82) is 0 Å². The Morgan fingerprint density at radius 1 is 1.06 bits per heavy atom. The van der Waals surface area contributed by atoms with Gasteiger partial charge in [-0.05, 0) is 41.2 Å². The molecule has 0 aliphatic carbocycles. The van der Waals surface area contributed by atoms with E-state index in [0.717, 1.165) is 54.4 Å². The fourth-order valence-corrected chi connectivity index (χ4v) is 4.39. The predicted molar refractivity (Wildman–Crippen MR) is 131 cm³/mol. The smallest absolute Gasteiger partial charge is 0.300 e. The molecule has 1 unspecified atom stereocenters. The van der Waals surface area contributed by atoms with Crippen LogP contribution < -0.4 is 10.5 Å². The number of para-hydroxylation sites is 1. The second-order valence-corrected chi connectivity index (χ2v) is 8.26. The van der Waals surface area contributed by atoms with Gasteiger partial charge in [0.1, 0.15) is 5.75 Å². The molecule has 34 heavy (non-hydrogen) atoms. The van der Waals surface area contributed by atoms with Crippen LogP contribution in [0.4, 0.5) is 0 Å². The summed E-state index contributed by atoms with van der Waals surface area (Å²) in [5, 5.41) is 7.42. The van der Waals surface area contributed by atoms with Gasteiger partial charge in [-0.1, -0.05) is 66.7 Å². The number of aryl methyl sites for hydroxylation is 1. The van der Waals surface area contributed by atoms with E-state index in [-0.39, 0.29) is 11.9 Å². The first-order chi connectivity index (χ1) is 16.3. The lowest BCUT2D eigenvalue weighted by molar-refractivity contribution is -0.134. The number of nitrogens with two attached hydrogens (primary N) is 1. The van der Waals surface area contributed by atoms with E-state index in [0.29, 0.717) is 0 Å². The number of carboxylic acids is 1. The summed E-state index contributed by atoms with van der Waals surface area (Å²) < 4.78 is 6.02. The molecule has 2 aliphatic heterocycles. The molecule has 3 N–H and O–H groups in total. The minimum Gasteiger partial charge on any atom is -0.493 e. The number of aliphatic carboxylic acids is 1. The van der Waals surface area contributed by atoms with Crippen LogP contribution in [0.25, 0.3) is 11.1 Å². The van der Waals surface area contributed by atoms with Gasteiger partial charge in [0.25, 0.3) is 11.9 Å². The zero-order chi connectivity index (χ0) is 24.3. The number of rotatable bonds is 3. The Kier molecular flexibility index (Phi) is 6.36. The number of carbonyl (C=O) groups excluding carboxylic acids is 1. The van der Waals surface area contributed by atoms with Gasteiger partial charge in [0, 0.05) is 19.5 Å². The van der Waals surface area contributed by atoms with Crippen LogP contribution in [0, 0.1) is 0 Å². The van der Waals surface area contributed by atoms with Gasteiger partial charge in [-0.15, -0.1) is 0 Å². The number of amides is 1. The first-order valence-corrected chi connectivity index (χ1v) is 11.1. The number of hydrogen-bond donors (Lipinski definition) is 2. The van der Waals surface area contributed by atoms with Crippen molar-refractivity contribution in [2.75, 3.05) is 13.7 Å². The standard InChI is InChI=1S/C25H23N3O2.C2H4O2/c1-28-23(29)25(27-24(28)26,19-11-3-2-4-12-19)20-13-5-9-18(16-20)21-14-6-8-17-10-7-15-30-22(17)21;1-2(3)4/h2-6,8-9,11-14,16H,7,10,15H2,1H3,(H2,26,27);1H3,(H,3,4). The van der Waals surface area contributed by atoms with E-state index in [4.69, 9.17) is 20.4 Å². The van der Waals surface area contributed by atoms with Crippen LogP contribution in [0.15, 0.2) is 77.8 Å². The minimum atomic E-state index is -1.19. The highest BCUT2D eigenvalue weighted by molar-refractivity contribution is 6.09. The van der Waals surface area contributed by atoms with Gasteiger partial charge in [-0.25, -0.2) is 4.99 Å². The van der Waals surface area contributed by atoms with Crippen molar-refractivity contribution in [3.63, 3.8) is 0 Å². The third-order valence-corrected chi connectivity index (χ3v) is 5.96. The molecular weight excluding hydrogens is 430 g/mol. The third-order valence-electron chi connectivity index (χ3n) is 5.96. The number of aliphatic imine (C=N–C) groups is 1. The van der Waals surface area contributed by atoms with Crippen molar-refractivity contribution < 1.29 is 19.4 Å². The average molecular weight is 458 g/mol. The minimum absolute atomic E-state index is 0.158. The maximum absolute atomic E-state index is 13.4. The Bertz CT molecular complexity index is 1250. The van der Waals surface area contributed by atoms with Gasteiger partial charge >= 0.3 is 0 Å². The maximum atomic E-state index is 13.4. The topological polar surface area (TPSA) is 105 Å². The molecule has 2 heterocycles. The number of fused-ring (bicyclic) bond motifs is 1. The largest absolute Gasteiger partial charge is 0.493 e. The fourth-order valence-electron chi connectivity index (χ4n) is 4.39. The summed E-state index contributed by atoms with van der Waals surface area (Å²) in [6.45, 7) is 1.81. The summed E-state index contributed by atoms with van der Waals surface area (Å²) in [6, 6.07) is 23.9. The number of ether oxygens (including phenoxy) is 1. The molecule has 5 rings (SSSR count). The van der Waals surface area contributed by atoms with Gasteiger partial charge in [-0.3, -0.25) is 14.5 Å². The third kappa shape index (κ3) is 4.12. The molecule has 0 saturated heterocycles. The van der Waals surface area contributed by atoms with E-state index < -0.39 is 11.5 Å². The molecule has 2 aliphatic rings. The molecule has 0 saturated carbocycles. The van der Waals surface area contributed by atoms with Crippen LogP contribution in [0.3, 0.4) is 0 Å². The Balaban J connectivity index is 0.000000636. The summed E-state index contributed by atoms with van der Waals surface area (Å²) in [4.78, 5) is 28.5. The Labute approximate surface area is 198 Å². The Hall–Kier alpha value is -4.13.